The average molecular weight is 124 g/mol. The molecule has 2 saturated carbocycles. The summed E-state index contributed by atoms with van der Waals surface area (Å²) in [5, 5.41) is 0. The van der Waals surface area contributed by atoms with Gasteiger partial charge in [0.25, 0.3) is 0 Å². The Hall–Kier alpha value is 0. The van der Waals surface area contributed by atoms with E-state index in [0.29, 0.717) is 0 Å². The van der Waals surface area contributed by atoms with E-state index in [1.165, 1.54) is 25.2 Å². The molecule has 0 nitrogen and oxygen atoms in total. The van der Waals surface area contributed by atoms with Crippen molar-refractivity contribution < 1.29 is 0 Å². The normalized spacial score (nSPS) is 52.7. The minimum absolute atomic E-state index is 0.884. The zero-order valence-corrected chi connectivity index (χ0v) is 6.48. The van der Waals surface area contributed by atoms with Crippen LogP contribution in [0, 0.1) is 17.3 Å². The van der Waals surface area contributed by atoms with Gasteiger partial charge in [-0.15, -0.1) is 0 Å². The molecule has 0 spiro atoms. The number of hydrogen-bond donors (Lipinski definition) is 0. The van der Waals surface area contributed by atoms with Gasteiger partial charge in [-0.05, 0) is 30.1 Å². The first-order valence-corrected chi connectivity index (χ1v) is 4.29. The predicted molar refractivity (Wildman–Crippen MR) is 39.2 cm³/mol. The first-order valence-electron chi connectivity index (χ1n) is 4.29. The number of unbranched alkanes of at least 4 members (excludes halogenated alkanes) is 1. The Morgan fingerprint density at radius 3 is 2.56 bits per heavy atom. The highest BCUT2D eigenvalue weighted by Gasteiger charge is 2.74. The van der Waals surface area contributed by atoms with Gasteiger partial charge in [-0.25, -0.2) is 0 Å². The molecule has 2 aliphatic rings. The Morgan fingerprint density at radius 2 is 2.22 bits per heavy atom. The Kier molecular flexibility index (Phi) is 0.980. The topological polar surface area (TPSA) is 0 Å². The zero-order chi connectivity index (χ0) is 6.48. The van der Waals surface area contributed by atoms with Gasteiger partial charge in [0, 0.05) is 0 Å². The summed E-state index contributed by atoms with van der Waals surface area (Å²) in [7, 11) is 0. The lowest BCUT2D eigenvalue weighted by Crippen LogP contribution is -1.93. The van der Waals surface area contributed by atoms with Gasteiger partial charge < -0.3 is 0 Å². The molecule has 0 amide bonds. The molecule has 0 aromatic heterocycles. The van der Waals surface area contributed by atoms with Crippen molar-refractivity contribution in [2.24, 2.45) is 17.3 Å². The molecular formula is C9H16. The van der Waals surface area contributed by atoms with Crippen LogP contribution in [0.5, 0.6) is 0 Å². The minimum atomic E-state index is 0.884. The third-order valence-electron chi connectivity index (χ3n) is 3.44. The highest BCUT2D eigenvalue weighted by atomic mass is 14.8. The van der Waals surface area contributed by atoms with Crippen molar-refractivity contribution in [1.29, 1.82) is 0 Å². The smallest absolute Gasteiger partial charge is 0.0260 e. The molecular weight excluding hydrogens is 108 g/mol. The third kappa shape index (κ3) is 0.653. The molecule has 0 heterocycles. The van der Waals surface area contributed by atoms with E-state index in [0.717, 1.165) is 11.3 Å². The van der Waals surface area contributed by atoms with Gasteiger partial charge >= 0.3 is 0 Å². The molecule has 0 saturated heterocycles. The van der Waals surface area contributed by atoms with Crippen LogP contribution in [-0.2, 0) is 0 Å². The van der Waals surface area contributed by atoms with Crippen LogP contribution in [0.1, 0.15) is 39.5 Å². The van der Waals surface area contributed by atoms with E-state index < -0.39 is 0 Å². The summed E-state index contributed by atoms with van der Waals surface area (Å²) >= 11 is 0. The molecule has 0 aromatic rings. The fourth-order valence-electron chi connectivity index (χ4n) is 2.27. The van der Waals surface area contributed by atoms with Gasteiger partial charge in [-0.1, -0.05) is 26.7 Å². The lowest BCUT2D eigenvalue weighted by Gasteiger charge is -2.04. The van der Waals surface area contributed by atoms with E-state index in [2.05, 4.69) is 13.8 Å². The minimum Gasteiger partial charge on any atom is -0.0654 e. The van der Waals surface area contributed by atoms with Crippen molar-refractivity contribution in [3.8, 4) is 0 Å². The maximum Gasteiger partial charge on any atom is -0.0260 e. The maximum absolute atomic E-state index is 2.46. The molecule has 52 valence electrons. The van der Waals surface area contributed by atoms with Crippen LogP contribution in [0.2, 0.25) is 0 Å². The summed E-state index contributed by atoms with van der Waals surface area (Å²) in [4.78, 5) is 0. The highest BCUT2D eigenvalue weighted by molar-refractivity contribution is 5.22. The van der Waals surface area contributed by atoms with Crippen LogP contribution in [0.15, 0.2) is 0 Å². The molecule has 0 aromatic carbocycles. The quantitative estimate of drug-likeness (QED) is 0.542. The van der Waals surface area contributed by atoms with Gasteiger partial charge in [0.2, 0.25) is 0 Å². The predicted octanol–water partition coefficient (Wildman–Crippen LogP) is 2.83. The van der Waals surface area contributed by atoms with Crippen LogP contribution >= 0.6 is 0 Å². The van der Waals surface area contributed by atoms with Gasteiger partial charge in [0.15, 0.2) is 0 Å². The van der Waals surface area contributed by atoms with Crippen molar-refractivity contribution in [1.82, 2.24) is 0 Å². The van der Waals surface area contributed by atoms with Crippen molar-refractivity contribution in [2.75, 3.05) is 0 Å². The van der Waals surface area contributed by atoms with E-state index >= 15 is 0 Å². The van der Waals surface area contributed by atoms with Crippen molar-refractivity contribution >= 4 is 0 Å². The summed E-state index contributed by atoms with van der Waals surface area (Å²) in [6.45, 7) is 4.74. The zero-order valence-electron chi connectivity index (χ0n) is 6.48. The summed E-state index contributed by atoms with van der Waals surface area (Å²) < 4.78 is 0. The second kappa shape index (κ2) is 1.53. The molecule has 3 unspecified atom stereocenters. The van der Waals surface area contributed by atoms with Gasteiger partial charge in [0.05, 0.1) is 0 Å². The van der Waals surface area contributed by atoms with Crippen LogP contribution in [0.3, 0.4) is 0 Å². The van der Waals surface area contributed by atoms with E-state index in [4.69, 9.17) is 0 Å². The van der Waals surface area contributed by atoms with Crippen molar-refractivity contribution in [3.63, 3.8) is 0 Å². The van der Waals surface area contributed by atoms with E-state index in [-0.39, 0.29) is 0 Å². The largest absolute Gasteiger partial charge is 0.0654 e. The SMILES string of the molecule is CCCCC1C2CC12C. The number of rotatable bonds is 3. The molecule has 0 heteroatoms. The van der Waals surface area contributed by atoms with Crippen LogP contribution in [-0.4, -0.2) is 0 Å². The molecule has 2 fully saturated rings. The first kappa shape index (κ1) is 5.76. The molecule has 0 bridgehead atoms. The molecule has 0 radical (unpaired) electrons. The molecule has 3 atom stereocenters. The molecule has 0 aliphatic heterocycles. The Morgan fingerprint density at radius 1 is 1.56 bits per heavy atom. The molecule has 2 rings (SSSR count). The summed E-state index contributed by atoms with van der Waals surface area (Å²) in [6.07, 6.45) is 5.94. The Labute approximate surface area is 57.6 Å². The molecule has 9 heavy (non-hydrogen) atoms. The lowest BCUT2D eigenvalue weighted by molar-refractivity contribution is 0.467. The Balaban J connectivity index is 1.69. The van der Waals surface area contributed by atoms with E-state index in [1.54, 1.807) is 6.42 Å². The first-order chi connectivity index (χ1) is 4.29. The summed E-state index contributed by atoms with van der Waals surface area (Å²) in [5.74, 6) is 2.35. The average Bonchev–Trinajstić information content (AvgIpc) is 2.58. The van der Waals surface area contributed by atoms with Gasteiger partial charge in [-0.3, -0.25) is 0 Å². The van der Waals surface area contributed by atoms with Gasteiger partial charge in [-0.2, -0.15) is 0 Å². The number of fused-ring (bicyclic) bond motifs is 1. The van der Waals surface area contributed by atoms with Gasteiger partial charge in [0.1, 0.15) is 0 Å². The van der Waals surface area contributed by atoms with E-state index in [1.807, 2.05) is 0 Å². The highest BCUT2D eigenvalue weighted by Crippen LogP contribution is 2.80. The van der Waals surface area contributed by atoms with E-state index in [9.17, 15) is 0 Å². The van der Waals surface area contributed by atoms with Crippen LogP contribution < -0.4 is 0 Å². The lowest BCUT2D eigenvalue weighted by atomic mass is 10.0. The second-order valence-corrected chi connectivity index (χ2v) is 4.07. The maximum atomic E-state index is 2.46. The van der Waals surface area contributed by atoms with Crippen LogP contribution in [0.4, 0.5) is 0 Å². The second-order valence-electron chi connectivity index (χ2n) is 4.07. The third-order valence-corrected chi connectivity index (χ3v) is 3.44. The van der Waals surface area contributed by atoms with Crippen LogP contribution in [0.25, 0.3) is 0 Å². The fraction of sp³-hybridized carbons (Fsp3) is 1.00. The molecule has 2 aliphatic carbocycles. The fourth-order valence-corrected chi connectivity index (χ4v) is 2.27. The molecule has 0 N–H and O–H groups in total. The monoisotopic (exact) mass is 124 g/mol. The number of hydrogen-bond acceptors (Lipinski definition) is 0. The standard InChI is InChI=1S/C9H16/c1-3-4-5-7-8-6-9(7,8)2/h7-8H,3-6H2,1-2H3. The summed E-state index contributed by atoms with van der Waals surface area (Å²) in [6, 6.07) is 0. The summed E-state index contributed by atoms with van der Waals surface area (Å²) in [5.41, 5.74) is 0.884. The Bertz CT molecular complexity index is 128. The van der Waals surface area contributed by atoms with Crippen molar-refractivity contribution in [3.05, 3.63) is 0 Å². The van der Waals surface area contributed by atoms with Crippen molar-refractivity contribution in [2.45, 2.75) is 39.5 Å².